The van der Waals surface area contributed by atoms with Crippen LogP contribution in [-0.2, 0) is 0 Å². The number of rotatable bonds is 4. The molecule has 0 amide bonds. The maximum atomic E-state index is 5.20. The summed E-state index contributed by atoms with van der Waals surface area (Å²) in [5.74, 6) is 7.25. The molecule has 4 nitrogen and oxygen atoms in total. The summed E-state index contributed by atoms with van der Waals surface area (Å²) < 4.78 is 5.20. The van der Waals surface area contributed by atoms with Gasteiger partial charge in [-0.15, -0.1) is 0 Å². The van der Waals surface area contributed by atoms with E-state index in [2.05, 4.69) is 46.1 Å². The normalized spacial score (nSPS) is 10.3. The lowest BCUT2D eigenvalue weighted by Gasteiger charge is -2.09. The van der Waals surface area contributed by atoms with E-state index in [1.54, 1.807) is 19.5 Å². The lowest BCUT2D eigenvalue weighted by molar-refractivity contribution is 0.415. The second-order valence-corrected chi connectivity index (χ2v) is 7.61. The molecule has 0 spiro atoms. The van der Waals surface area contributed by atoms with Crippen molar-refractivity contribution in [1.82, 2.24) is 15.0 Å². The van der Waals surface area contributed by atoms with Gasteiger partial charge in [-0.05, 0) is 83.9 Å². The maximum Gasteiger partial charge on any atom is 0.118 e. The van der Waals surface area contributed by atoms with Crippen LogP contribution in [0.2, 0.25) is 0 Å². The highest BCUT2D eigenvalue weighted by Gasteiger charge is 2.10. The largest absolute Gasteiger partial charge is 0.497 e. The summed E-state index contributed by atoms with van der Waals surface area (Å²) in [6.45, 7) is 0. The van der Waals surface area contributed by atoms with Crippen molar-refractivity contribution in [2.24, 2.45) is 0 Å². The first kappa shape index (κ1) is 21.1. The summed E-state index contributed by atoms with van der Waals surface area (Å²) in [6.07, 6.45) is 3.56. The Hall–Kier alpha value is -4.75. The molecule has 34 heavy (non-hydrogen) atoms. The molecular weight excluding hydrogens is 418 g/mol. The molecule has 0 N–H and O–H groups in total. The fraction of sp³-hybridized carbons (Fsp3) is 0.0333. The van der Waals surface area contributed by atoms with Gasteiger partial charge in [0.05, 0.1) is 29.9 Å². The van der Waals surface area contributed by atoms with Gasteiger partial charge in [0.2, 0.25) is 0 Å². The Bertz CT molecular complexity index is 1390. The minimum Gasteiger partial charge on any atom is -0.497 e. The van der Waals surface area contributed by atoms with Crippen LogP contribution < -0.4 is 4.74 Å². The number of nitrogens with zero attached hydrogens (tertiary/aromatic N) is 3. The number of pyridine rings is 3. The Morgan fingerprint density at radius 2 is 1.09 bits per heavy atom. The molecule has 3 aromatic heterocycles. The molecule has 0 unspecified atom stereocenters. The van der Waals surface area contributed by atoms with E-state index >= 15 is 0 Å². The zero-order chi connectivity index (χ0) is 23.2. The van der Waals surface area contributed by atoms with Crippen LogP contribution in [0.1, 0.15) is 11.1 Å². The van der Waals surface area contributed by atoms with E-state index in [0.29, 0.717) is 0 Å². The van der Waals surface area contributed by atoms with Gasteiger partial charge < -0.3 is 4.74 Å². The smallest absolute Gasteiger partial charge is 0.118 e. The van der Waals surface area contributed by atoms with Crippen molar-refractivity contribution in [2.75, 3.05) is 7.11 Å². The number of hydrogen-bond acceptors (Lipinski definition) is 4. The van der Waals surface area contributed by atoms with Gasteiger partial charge in [-0.2, -0.15) is 0 Å². The standard InChI is InChI=1S/C30H21N3O/c1-34-26-16-12-23(13-17-26)9-8-22-10-14-24(15-11-22)25-20-29(27-6-2-4-18-31-27)33-30(21-25)28-7-3-5-19-32-28/h2-7,10-21H,1H3. The molecule has 0 radical (unpaired) electrons. The number of hydrogen-bond donors (Lipinski definition) is 0. The molecule has 3 heterocycles. The van der Waals surface area contributed by atoms with Crippen molar-refractivity contribution in [2.45, 2.75) is 0 Å². The van der Waals surface area contributed by atoms with Crippen LogP contribution in [0.3, 0.4) is 0 Å². The SMILES string of the molecule is COc1ccc(C#Cc2ccc(-c3cc(-c4ccccn4)nc(-c4ccccn4)c3)cc2)cc1. The molecule has 4 heteroatoms. The Labute approximate surface area is 199 Å². The summed E-state index contributed by atoms with van der Waals surface area (Å²) in [5, 5.41) is 0. The zero-order valence-corrected chi connectivity index (χ0v) is 18.6. The minimum atomic E-state index is 0.808. The number of benzene rings is 2. The highest BCUT2D eigenvalue weighted by molar-refractivity contribution is 5.75. The van der Waals surface area contributed by atoms with Crippen LogP contribution in [0.4, 0.5) is 0 Å². The van der Waals surface area contributed by atoms with Gasteiger partial charge in [0.15, 0.2) is 0 Å². The quantitative estimate of drug-likeness (QED) is 0.309. The highest BCUT2D eigenvalue weighted by atomic mass is 16.5. The summed E-state index contributed by atoms with van der Waals surface area (Å²) in [5.41, 5.74) is 7.27. The van der Waals surface area contributed by atoms with Crippen LogP contribution in [0.15, 0.2) is 109 Å². The Balaban J connectivity index is 1.48. The highest BCUT2D eigenvalue weighted by Crippen LogP contribution is 2.29. The predicted molar refractivity (Wildman–Crippen MR) is 135 cm³/mol. The van der Waals surface area contributed by atoms with Crippen LogP contribution in [0, 0.1) is 11.8 Å². The van der Waals surface area contributed by atoms with Gasteiger partial charge in [0, 0.05) is 23.5 Å². The first-order chi connectivity index (χ1) is 16.8. The van der Waals surface area contributed by atoms with Crippen LogP contribution >= 0.6 is 0 Å². The maximum absolute atomic E-state index is 5.20. The summed E-state index contributed by atoms with van der Waals surface area (Å²) in [4.78, 5) is 13.8. The van der Waals surface area contributed by atoms with Gasteiger partial charge in [-0.25, -0.2) is 4.98 Å². The van der Waals surface area contributed by atoms with Gasteiger partial charge in [-0.1, -0.05) is 36.1 Å². The summed E-state index contributed by atoms with van der Waals surface area (Å²) in [7, 11) is 1.66. The van der Waals surface area contributed by atoms with E-state index in [-0.39, 0.29) is 0 Å². The van der Waals surface area contributed by atoms with E-state index in [9.17, 15) is 0 Å². The van der Waals surface area contributed by atoms with Crippen molar-refractivity contribution in [3.8, 4) is 51.5 Å². The third-order valence-electron chi connectivity index (χ3n) is 5.34. The monoisotopic (exact) mass is 439 g/mol. The molecule has 0 aliphatic carbocycles. The van der Waals surface area contributed by atoms with Gasteiger partial charge >= 0.3 is 0 Å². The molecule has 5 rings (SSSR count). The topological polar surface area (TPSA) is 47.9 Å². The molecule has 162 valence electrons. The van der Waals surface area contributed by atoms with E-state index < -0.39 is 0 Å². The van der Waals surface area contributed by atoms with Crippen LogP contribution in [0.5, 0.6) is 5.75 Å². The summed E-state index contributed by atoms with van der Waals surface area (Å²) in [6, 6.07) is 31.8. The van der Waals surface area contributed by atoms with Crippen molar-refractivity contribution in [3.63, 3.8) is 0 Å². The Morgan fingerprint density at radius 1 is 0.559 bits per heavy atom. The molecule has 0 fully saturated rings. The van der Waals surface area contributed by atoms with E-state index in [0.717, 1.165) is 50.8 Å². The predicted octanol–water partition coefficient (Wildman–Crippen LogP) is 6.28. The number of ether oxygens (including phenoxy) is 1. The van der Waals surface area contributed by atoms with Crippen molar-refractivity contribution < 1.29 is 4.74 Å². The van der Waals surface area contributed by atoms with Gasteiger partial charge in [0.25, 0.3) is 0 Å². The first-order valence-corrected chi connectivity index (χ1v) is 10.9. The molecule has 0 bridgehead atoms. The average molecular weight is 440 g/mol. The van der Waals surface area contributed by atoms with E-state index in [1.807, 2.05) is 72.8 Å². The van der Waals surface area contributed by atoms with E-state index in [1.165, 1.54) is 0 Å². The van der Waals surface area contributed by atoms with Crippen molar-refractivity contribution in [3.05, 3.63) is 121 Å². The average Bonchev–Trinajstić information content (AvgIpc) is 2.93. The van der Waals surface area contributed by atoms with Gasteiger partial charge in [0.1, 0.15) is 5.75 Å². The number of aromatic nitrogens is 3. The van der Waals surface area contributed by atoms with Gasteiger partial charge in [-0.3, -0.25) is 9.97 Å². The first-order valence-electron chi connectivity index (χ1n) is 10.9. The molecule has 0 atom stereocenters. The fourth-order valence-electron chi connectivity index (χ4n) is 3.55. The molecular formula is C30H21N3O. The molecule has 0 saturated carbocycles. The molecule has 0 aliphatic rings. The Morgan fingerprint density at radius 3 is 1.56 bits per heavy atom. The second-order valence-electron chi connectivity index (χ2n) is 7.61. The van der Waals surface area contributed by atoms with Crippen molar-refractivity contribution in [1.29, 1.82) is 0 Å². The second kappa shape index (κ2) is 9.81. The third kappa shape index (κ3) is 4.85. The zero-order valence-electron chi connectivity index (χ0n) is 18.6. The molecule has 0 saturated heterocycles. The number of methoxy groups -OCH3 is 1. The molecule has 5 aromatic rings. The molecule has 2 aromatic carbocycles. The summed E-state index contributed by atoms with van der Waals surface area (Å²) >= 11 is 0. The van der Waals surface area contributed by atoms with Crippen LogP contribution in [-0.4, -0.2) is 22.1 Å². The van der Waals surface area contributed by atoms with E-state index in [4.69, 9.17) is 9.72 Å². The van der Waals surface area contributed by atoms with Crippen molar-refractivity contribution >= 4 is 0 Å². The van der Waals surface area contributed by atoms with Crippen LogP contribution in [0.25, 0.3) is 33.9 Å². The Kier molecular flexibility index (Phi) is 6.09. The minimum absolute atomic E-state index is 0.808. The third-order valence-corrected chi connectivity index (χ3v) is 5.34. The lowest BCUT2D eigenvalue weighted by atomic mass is 10.0. The fourth-order valence-corrected chi connectivity index (χ4v) is 3.55. The molecule has 0 aliphatic heterocycles. The lowest BCUT2D eigenvalue weighted by Crippen LogP contribution is -1.93.